The van der Waals surface area contributed by atoms with Crippen LogP contribution in [0.5, 0.6) is 0 Å². The van der Waals surface area contributed by atoms with Crippen molar-refractivity contribution < 1.29 is 9.18 Å². The molecule has 1 aliphatic rings. The van der Waals surface area contributed by atoms with Crippen LogP contribution in [0.3, 0.4) is 0 Å². The zero-order valence-corrected chi connectivity index (χ0v) is 10.9. The molecule has 0 atom stereocenters. The molecule has 96 valence electrons. The molecule has 0 unspecified atom stereocenters. The monoisotopic (exact) mass is 266 g/mol. The highest BCUT2D eigenvalue weighted by Crippen LogP contribution is 2.42. The topological polar surface area (TPSA) is 55.1 Å². The predicted molar refractivity (Wildman–Crippen MR) is 72.8 cm³/mol. The second kappa shape index (κ2) is 4.65. The van der Waals surface area contributed by atoms with Gasteiger partial charge in [-0.15, -0.1) is 0 Å². The summed E-state index contributed by atoms with van der Waals surface area (Å²) in [5.74, 6) is -0.569. The van der Waals surface area contributed by atoms with Gasteiger partial charge in [0.05, 0.1) is 10.4 Å². The number of nitrogens with two attached hydrogens (primary N) is 1. The normalized spacial score (nSPS) is 16.8. The van der Waals surface area contributed by atoms with E-state index in [2.05, 4.69) is 5.32 Å². The van der Waals surface area contributed by atoms with Crippen molar-refractivity contribution in [3.05, 3.63) is 29.6 Å². The van der Waals surface area contributed by atoms with E-state index >= 15 is 0 Å². The molecule has 5 heteroatoms. The second-order valence-electron chi connectivity index (χ2n) is 4.67. The average molecular weight is 266 g/mol. The van der Waals surface area contributed by atoms with Crippen molar-refractivity contribution in [3.8, 4) is 0 Å². The first-order chi connectivity index (χ1) is 8.47. The third kappa shape index (κ3) is 1.99. The molecule has 1 aliphatic carbocycles. The van der Waals surface area contributed by atoms with Crippen molar-refractivity contribution in [1.82, 2.24) is 0 Å². The molecule has 1 aromatic carbocycles. The van der Waals surface area contributed by atoms with Crippen LogP contribution >= 0.6 is 12.2 Å². The van der Waals surface area contributed by atoms with Gasteiger partial charge in [-0.05, 0) is 31.9 Å². The maximum atomic E-state index is 13.4. The van der Waals surface area contributed by atoms with Crippen LogP contribution in [0, 0.1) is 18.2 Å². The summed E-state index contributed by atoms with van der Waals surface area (Å²) in [7, 11) is 0. The number of rotatable bonds is 3. The minimum Gasteiger partial charge on any atom is -0.392 e. The smallest absolute Gasteiger partial charge is 0.237 e. The van der Waals surface area contributed by atoms with Gasteiger partial charge >= 0.3 is 0 Å². The van der Waals surface area contributed by atoms with Gasteiger partial charge in [0.2, 0.25) is 5.91 Å². The second-order valence-corrected chi connectivity index (χ2v) is 5.11. The minimum absolute atomic E-state index is 0.223. The van der Waals surface area contributed by atoms with Gasteiger partial charge in [-0.2, -0.15) is 0 Å². The zero-order chi connectivity index (χ0) is 13.3. The molecule has 1 aromatic rings. The SMILES string of the molecule is Cc1c(F)cccc1NC(=O)C1(C(N)=S)CCC1. The first kappa shape index (κ1) is 13.0. The number of thiocarbonyl (C=S) groups is 1. The highest BCUT2D eigenvalue weighted by molar-refractivity contribution is 7.80. The highest BCUT2D eigenvalue weighted by Gasteiger charge is 2.47. The van der Waals surface area contributed by atoms with E-state index in [1.165, 1.54) is 6.07 Å². The minimum atomic E-state index is -0.742. The fourth-order valence-electron chi connectivity index (χ4n) is 2.10. The van der Waals surface area contributed by atoms with E-state index in [0.717, 1.165) is 6.42 Å². The summed E-state index contributed by atoms with van der Waals surface area (Å²) in [4.78, 5) is 12.4. The fraction of sp³-hybridized carbons (Fsp3) is 0.385. The molecule has 0 bridgehead atoms. The zero-order valence-electron chi connectivity index (χ0n) is 10.1. The number of carbonyl (C=O) groups is 1. The van der Waals surface area contributed by atoms with Crippen molar-refractivity contribution in [2.24, 2.45) is 11.1 Å². The molecule has 1 amide bonds. The van der Waals surface area contributed by atoms with Gasteiger partial charge in [0.25, 0.3) is 0 Å². The summed E-state index contributed by atoms with van der Waals surface area (Å²) in [6.07, 6.45) is 2.28. The van der Waals surface area contributed by atoms with Gasteiger partial charge in [-0.1, -0.05) is 24.7 Å². The number of hydrogen-bond acceptors (Lipinski definition) is 2. The third-order valence-electron chi connectivity index (χ3n) is 3.63. The summed E-state index contributed by atoms with van der Waals surface area (Å²) in [6.45, 7) is 1.62. The molecule has 0 spiro atoms. The van der Waals surface area contributed by atoms with Crippen LogP contribution in [0.4, 0.5) is 10.1 Å². The van der Waals surface area contributed by atoms with Crippen molar-refractivity contribution in [2.75, 3.05) is 5.32 Å². The van der Waals surface area contributed by atoms with E-state index in [-0.39, 0.29) is 16.7 Å². The lowest BCUT2D eigenvalue weighted by atomic mass is 9.68. The van der Waals surface area contributed by atoms with Crippen molar-refractivity contribution in [3.63, 3.8) is 0 Å². The summed E-state index contributed by atoms with van der Waals surface area (Å²) in [5.41, 5.74) is 5.80. The van der Waals surface area contributed by atoms with Crippen LogP contribution in [0.1, 0.15) is 24.8 Å². The number of halogens is 1. The van der Waals surface area contributed by atoms with E-state index < -0.39 is 5.41 Å². The molecule has 1 fully saturated rings. The van der Waals surface area contributed by atoms with Gasteiger partial charge < -0.3 is 11.1 Å². The van der Waals surface area contributed by atoms with Gasteiger partial charge in [-0.25, -0.2) is 4.39 Å². The summed E-state index contributed by atoms with van der Waals surface area (Å²) in [5, 5.41) is 2.73. The Hall–Kier alpha value is -1.49. The number of nitrogens with one attached hydrogen (secondary N) is 1. The summed E-state index contributed by atoms with van der Waals surface area (Å²) in [6, 6.07) is 4.59. The number of carbonyl (C=O) groups excluding carboxylic acids is 1. The van der Waals surface area contributed by atoms with E-state index in [0.29, 0.717) is 24.1 Å². The van der Waals surface area contributed by atoms with Crippen LogP contribution in [-0.2, 0) is 4.79 Å². The molecule has 3 nitrogen and oxygen atoms in total. The maximum absolute atomic E-state index is 13.4. The van der Waals surface area contributed by atoms with E-state index in [1.807, 2.05) is 0 Å². The average Bonchev–Trinajstić information content (AvgIpc) is 2.22. The highest BCUT2D eigenvalue weighted by atomic mass is 32.1. The van der Waals surface area contributed by atoms with Gasteiger partial charge in [0, 0.05) is 11.3 Å². The lowest BCUT2D eigenvalue weighted by Gasteiger charge is -2.39. The van der Waals surface area contributed by atoms with Crippen molar-refractivity contribution in [2.45, 2.75) is 26.2 Å². The van der Waals surface area contributed by atoms with Crippen LogP contribution < -0.4 is 11.1 Å². The van der Waals surface area contributed by atoms with Gasteiger partial charge in [0.15, 0.2) is 0 Å². The Morgan fingerprint density at radius 3 is 2.67 bits per heavy atom. The maximum Gasteiger partial charge on any atom is 0.237 e. The molecule has 0 aromatic heterocycles. The molecule has 2 rings (SSSR count). The molecule has 18 heavy (non-hydrogen) atoms. The molecular formula is C13H15FN2OS. The molecule has 0 saturated heterocycles. The quantitative estimate of drug-likeness (QED) is 0.827. The van der Waals surface area contributed by atoms with Crippen LogP contribution in [0.2, 0.25) is 0 Å². The Labute approximate surface area is 111 Å². The molecule has 3 N–H and O–H groups in total. The van der Waals surface area contributed by atoms with Gasteiger partial charge in [-0.3, -0.25) is 4.79 Å². The van der Waals surface area contributed by atoms with Crippen molar-refractivity contribution in [1.29, 1.82) is 0 Å². The van der Waals surface area contributed by atoms with Crippen molar-refractivity contribution >= 4 is 28.8 Å². The third-order valence-corrected chi connectivity index (χ3v) is 4.02. The Morgan fingerprint density at radius 2 is 2.17 bits per heavy atom. The Kier molecular flexibility index (Phi) is 3.34. The van der Waals surface area contributed by atoms with Crippen LogP contribution in [-0.4, -0.2) is 10.9 Å². The standard InChI is InChI=1S/C13H15FN2OS/c1-8-9(14)4-2-5-10(8)16-12(17)13(11(15)18)6-3-7-13/h2,4-5H,3,6-7H2,1H3,(H2,15,18)(H,16,17). The van der Waals surface area contributed by atoms with Crippen LogP contribution in [0.15, 0.2) is 18.2 Å². The summed E-state index contributed by atoms with van der Waals surface area (Å²) >= 11 is 4.97. The lowest BCUT2D eigenvalue weighted by molar-refractivity contribution is -0.125. The molecule has 1 saturated carbocycles. The number of amides is 1. The molecule has 0 heterocycles. The fourth-order valence-corrected chi connectivity index (χ4v) is 2.40. The Morgan fingerprint density at radius 1 is 1.50 bits per heavy atom. The Balaban J connectivity index is 2.21. The molecular weight excluding hydrogens is 251 g/mol. The Bertz CT molecular complexity index is 512. The van der Waals surface area contributed by atoms with E-state index in [1.54, 1.807) is 19.1 Å². The lowest BCUT2D eigenvalue weighted by Crippen LogP contribution is -2.50. The molecule has 0 aliphatic heterocycles. The van der Waals surface area contributed by atoms with Gasteiger partial charge in [0.1, 0.15) is 5.82 Å². The predicted octanol–water partition coefficient (Wildman–Crippen LogP) is 2.53. The number of benzene rings is 1. The summed E-state index contributed by atoms with van der Waals surface area (Å²) < 4.78 is 13.4. The first-order valence-corrected chi connectivity index (χ1v) is 6.25. The van der Waals surface area contributed by atoms with Crippen LogP contribution in [0.25, 0.3) is 0 Å². The largest absolute Gasteiger partial charge is 0.392 e. The van der Waals surface area contributed by atoms with E-state index in [9.17, 15) is 9.18 Å². The molecule has 0 radical (unpaired) electrons. The first-order valence-electron chi connectivity index (χ1n) is 5.84. The number of anilines is 1. The van der Waals surface area contributed by atoms with E-state index in [4.69, 9.17) is 18.0 Å². The number of hydrogen-bond donors (Lipinski definition) is 2.